The third kappa shape index (κ3) is 4.63. The van der Waals surface area contributed by atoms with Gasteiger partial charge in [0.2, 0.25) is 5.91 Å². The molecule has 4 nitrogen and oxygen atoms in total. The number of nitrogens with zero attached hydrogens (tertiary/aromatic N) is 1. The molecule has 2 amide bonds. The summed E-state index contributed by atoms with van der Waals surface area (Å²) in [5.41, 5.74) is 4.17. The second kappa shape index (κ2) is 9.16. The van der Waals surface area contributed by atoms with Crippen LogP contribution in [0.25, 0.3) is 0 Å². The molecule has 3 aromatic rings. The smallest absolute Gasteiger partial charge is 0.257 e. The van der Waals surface area contributed by atoms with Gasteiger partial charge in [-0.1, -0.05) is 61.8 Å². The quantitative estimate of drug-likeness (QED) is 0.483. The van der Waals surface area contributed by atoms with Gasteiger partial charge in [-0.15, -0.1) is 11.8 Å². The monoisotopic (exact) mass is 450 g/mol. The topological polar surface area (TPSA) is 49.4 Å². The molecule has 31 heavy (non-hydrogen) atoms. The van der Waals surface area contributed by atoms with Crippen LogP contribution in [0.4, 0.5) is 11.4 Å². The second-order valence-corrected chi connectivity index (χ2v) is 9.21. The van der Waals surface area contributed by atoms with Crippen LogP contribution in [0.15, 0.2) is 72.8 Å². The first-order chi connectivity index (χ1) is 14.9. The van der Waals surface area contributed by atoms with Crippen molar-refractivity contribution >= 4 is 46.6 Å². The number of amides is 2. The number of rotatable bonds is 5. The lowest BCUT2D eigenvalue weighted by Gasteiger charge is -2.25. The summed E-state index contributed by atoms with van der Waals surface area (Å²) in [6.07, 6.45) is 0. The minimum absolute atomic E-state index is 0.0813. The molecule has 6 heteroatoms. The van der Waals surface area contributed by atoms with Crippen molar-refractivity contribution in [3.63, 3.8) is 0 Å². The summed E-state index contributed by atoms with van der Waals surface area (Å²) >= 11 is 7.73. The van der Waals surface area contributed by atoms with Crippen LogP contribution in [-0.2, 0) is 4.79 Å². The number of hydrogen-bond acceptors (Lipinski definition) is 3. The first kappa shape index (κ1) is 21.5. The van der Waals surface area contributed by atoms with Crippen molar-refractivity contribution in [3.05, 3.63) is 94.5 Å². The fourth-order valence-electron chi connectivity index (χ4n) is 3.58. The lowest BCUT2D eigenvalue weighted by Crippen LogP contribution is -2.27. The van der Waals surface area contributed by atoms with E-state index in [1.165, 1.54) is 5.56 Å². The lowest BCUT2D eigenvalue weighted by atomic mass is 10.0. The van der Waals surface area contributed by atoms with Crippen molar-refractivity contribution in [2.24, 2.45) is 0 Å². The number of hydrogen-bond donors (Lipinski definition) is 1. The number of benzene rings is 3. The van der Waals surface area contributed by atoms with Crippen molar-refractivity contribution in [2.75, 3.05) is 16.0 Å². The molecule has 0 bridgehead atoms. The Labute approximate surface area is 191 Å². The molecule has 1 saturated heterocycles. The third-order valence-corrected chi connectivity index (χ3v) is 6.80. The molecule has 0 radical (unpaired) electrons. The maximum atomic E-state index is 12.7. The Morgan fingerprint density at radius 1 is 1.06 bits per heavy atom. The molecule has 1 aliphatic heterocycles. The van der Waals surface area contributed by atoms with Gasteiger partial charge in [-0.25, -0.2) is 0 Å². The van der Waals surface area contributed by atoms with E-state index in [-0.39, 0.29) is 17.2 Å². The first-order valence-corrected chi connectivity index (χ1v) is 11.6. The maximum absolute atomic E-state index is 12.7. The largest absolute Gasteiger partial charge is 0.322 e. The molecule has 0 spiro atoms. The minimum atomic E-state index is -0.265. The molecule has 1 fully saturated rings. The molecule has 158 valence electrons. The van der Waals surface area contributed by atoms with Crippen LogP contribution >= 0.6 is 23.4 Å². The summed E-state index contributed by atoms with van der Waals surface area (Å²) in [6, 6.07) is 22.7. The van der Waals surface area contributed by atoms with E-state index in [9.17, 15) is 9.59 Å². The molecule has 0 saturated carbocycles. The molecule has 0 unspecified atom stereocenters. The number of carbonyl (C=O) groups is 2. The normalized spacial score (nSPS) is 16.1. The highest BCUT2D eigenvalue weighted by Gasteiger charge is 2.34. The van der Waals surface area contributed by atoms with Gasteiger partial charge < -0.3 is 5.32 Å². The van der Waals surface area contributed by atoms with Crippen molar-refractivity contribution in [1.29, 1.82) is 0 Å². The third-order valence-electron chi connectivity index (χ3n) is 5.25. The van der Waals surface area contributed by atoms with Gasteiger partial charge in [0.15, 0.2) is 0 Å². The van der Waals surface area contributed by atoms with Gasteiger partial charge in [0.05, 0.1) is 16.3 Å². The van der Waals surface area contributed by atoms with Crippen LogP contribution in [0.1, 0.15) is 46.6 Å². The number of carbonyl (C=O) groups excluding carboxylic acids is 2. The van der Waals surface area contributed by atoms with E-state index in [4.69, 9.17) is 11.6 Å². The summed E-state index contributed by atoms with van der Waals surface area (Å²) < 4.78 is 0. The fraction of sp³-hybridized carbons (Fsp3) is 0.200. The molecule has 1 aliphatic rings. The zero-order chi connectivity index (χ0) is 22.0. The molecule has 3 aromatic carbocycles. The van der Waals surface area contributed by atoms with Crippen LogP contribution in [0.3, 0.4) is 0 Å². The van der Waals surface area contributed by atoms with Crippen LogP contribution in [0, 0.1) is 0 Å². The Kier molecular flexibility index (Phi) is 6.35. The number of thioether (sulfide) groups is 1. The predicted octanol–water partition coefficient (Wildman–Crippen LogP) is 6.49. The Balaban J connectivity index is 1.58. The number of anilines is 2. The first-order valence-electron chi connectivity index (χ1n) is 10.1. The Morgan fingerprint density at radius 2 is 1.81 bits per heavy atom. The lowest BCUT2D eigenvalue weighted by molar-refractivity contribution is -0.115. The summed E-state index contributed by atoms with van der Waals surface area (Å²) in [5.74, 6) is 0.677. The average molecular weight is 451 g/mol. The van der Waals surface area contributed by atoms with E-state index in [0.717, 1.165) is 11.3 Å². The molecule has 1 N–H and O–H groups in total. The summed E-state index contributed by atoms with van der Waals surface area (Å²) in [4.78, 5) is 27.1. The minimum Gasteiger partial charge on any atom is -0.322 e. The molecule has 1 atom stereocenters. The van der Waals surface area contributed by atoms with Crippen molar-refractivity contribution in [3.8, 4) is 0 Å². The molecular formula is C25H23ClN2O2S. The predicted molar refractivity (Wildman–Crippen MR) is 129 cm³/mol. The van der Waals surface area contributed by atoms with E-state index < -0.39 is 0 Å². The molecular weight excluding hydrogens is 428 g/mol. The molecule has 0 aromatic heterocycles. The van der Waals surface area contributed by atoms with E-state index in [1.54, 1.807) is 36.0 Å². The van der Waals surface area contributed by atoms with Crippen LogP contribution in [-0.4, -0.2) is 17.6 Å². The van der Waals surface area contributed by atoms with Gasteiger partial charge in [0.25, 0.3) is 5.91 Å². The van der Waals surface area contributed by atoms with Gasteiger partial charge in [-0.3, -0.25) is 14.5 Å². The summed E-state index contributed by atoms with van der Waals surface area (Å²) in [5, 5.41) is 3.18. The Bertz CT molecular complexity index is 1110. The highest BCUT2D eigenvalue weighted by Crippen LogP contribution is 2.42. The van der Waals surface area contributed by atoms with Gasteiger partial charge in [0.1, 0.15) is 5.37 Å². The summed E-state index contributed by atoms with van der Waals surface area (Å²) in [6.45, 7) is 4.30. The van der Waals surface area contributed by atoms with Gasteiger partial charge in [-0.2, -0.15) is 0 Å². The fourth-order valence-corrected chi connectivity index (χ4v) is 4.97. The highest BCUT2D eigenvalue weighted by molar-refractivity contribution is 8.00. The Hall–Kier alpha value is -2.76. The van der Waals surface area contributed by atoms with Gasteiger partial charge in [0, 0.05) is 11.4 Å². The average Bonchev–Trinajstić information content (AvgIpc) is 3.15. The standard InChI is InChI=1S/C25H23ClN2O2S/c1-16(2)17-10-12-20(13-11-17)28-23(29)15-31-25(28)18-6-5-7-19(14-18)27-24(30)21-8-3-4-9-22(21)26/h3-14,16,25H,15H2,1-2H3,(H,27,30)/t25-/m1/s1. The Morgan fingerprint density at radius 3 is 2.52 bits per heavy atom. The molecule has 4 rings (SSSR count). The van der Waals surface area contributed by atoms with Gasteiger partial charge >= 0.3 is 0 Å². The van der Waals surface area contributed by atoms with E-state index >= 15 is 0 Å². The zero-order valence-corrected chi connectivity index (χ0v) is 18.9. The van der Waals surface area contributed by atoms with E-state index in [0.29, 0.717) is 27.9 Å². The van der Waals surface area contributed by atoms with Crippen LogP contribution in [0.5, 0.6) is 0 Å². The molecule has 0 aliphatic carbocycles. The highest BCUT2D eigenvalue weighted by atomic mass is 35.5. The second-order valence-electron chi connectivity index (χ2n) is 7.73. The van der Waals surface area contributed by atoms with Crippen molar-refractivity contribution < 1.29 is 9.59 Å². The van der Waals surface area contributed by atoms with Crippen LogP contribution in [0.2, 0.25) is 5.02 Å². The van der Waals surface area contributed by atoms with Crippen molar-refractivity contribution in [1.82, 2.24) is 0 Å². The number of halogens is 1. The maximum Gasteiger partial charge on any atom is 0.257 e. The SMILES string of the molecule is CC(C)c1ccc(N2C(=O)CS[C@@H]2c2cccc(NC(=O)c3ccccc3Cl)c2)cc1. The van der Waals surface area contributed by atoms with E-state index in [2.05, 4.69) is 31.3 Å². The van der Waals surface area contributed by atoms with Crippen LogP contribution < -0.4 is 10.2 Å². The van der Waals surface area contributed by atoms with Gasteiger partial charge in [-0.05, 0) is 53.4 Å². The zero-order valence-electron chi connectivity index (χ0n) is 17.3. The van der Waals surface area contributed by atoms with Crippen molar-refractivity contribution in [2.45, 2.75) is 25.1 Å². The van der Waals surface area contributed by atoms with E-state index in [1.807, 2.05) is 41.3 Å². The summed E-state index contributed by atoms with van der Waals surface area (Å²) in [7, 11) is 0. The number of nitrogens with one attached hydrogen (secondary N) is 1. The molecule has 1 heterocycles.